The zero-order valence-electron chi connectivity index (χ0n) is 9.84. The minimum atomic E-state index is -4.47. The van der Waals surface area contributed by atoms with Crippen molar-refractivity contribution >= 4 is 5.91 Å². The van der Waals surface area contributed by atoms with E-state index in [4.69, 9.17) is 5.11 Å². The number of aliphatic hydroxyl groups excluding tert-OH is 1. The molecule has 0 aliphatic carbocycles. The largest absolute Gasteiger partial charge is 0.416 e. The Morgan fingerprint density at radius 3 is 2.61 bits per heavy atom. The lowest BCUT2D eigenvalue weighted by Gasteiger charge is -2.12. The summed E-state index contributed by atoms with van der Waals surface area (Å²) in [4.78, 5) is 11.5. The number of hydrogen-bond donors (Lipinski definition) is 2. The average molecular weight is 261 g/mol. The molecule has 2 N–H and O–H groups in total. The van der Waals surface area contributed by atoms with Crippen LogP contribution in [-0.4, -0.2) is 24.2 Å². The number of carbonyl (C=O) groups excluding carboxylic acids is 1. The van der Waals surface area contributed by atoms with Crippen molar-refractivity contribution in [3.05, 3.63) is 34.9 Å². The fourth-order valence-electron chi connectivity index (χ4n) is 1.45. The molecule has 1 amide bonds. The molecule has 0 atom stereocenters. The number of halogens is 3. The molecule has 18 heavy (non-hydrogen) atoms. The van der Waals surface area contributed by atoms with Gasteiger partial charge in [-0.05, 0) is 31.0 Å². The van der Waals surface area contributed by atoms with Crippen LogP contribution in [0.1, 0.15) is 27.9 Å². The average Bonchev–Trinajstić information content (AvgIpc) is 2.28. The Bertz CT molecular complexity index is 430. The highest BCUT2D eigenvalue weighted by Crippen LogP contribution is 2.32. The second-order valence-corrected chi connectivity index (χ2v) is 3.86. The Kier molecular flexibility index (Phi) is 4.72. The number of rotatable bonds is 4. The monoisotopic (exact) mass is 261 g/mol. The third-order valence-corrected chi connectivity index (χ3v) is 2.43. The third-order valence-electron chi connectivity index (χ3n) is 2.43. The van der Waals surface area contributed by atoms with Crippen molar-refractivity contribution < 1.29 is 23.1 Å². The number of alkyl halides is 3. The summed E-state index contributed by atoms with van der Waals surface area (Å²) >= 11 is 0. The molecule has 0 aliphatic rings. The number of aliphatic hydroxyl groups is 1. The van der Waals surface area contributed by atoms with Crippen LogP contribution in [0.25, 0.3) is 0 Å². The maximum absolute atomic E-state index is 12.6. The second-order valence-electron chi connectivity index (χ2n) is 3.86. The van der Waals surface area contributed by atoms with Gasteiger partial charge >= 0.3 is 6.18 Å². The van der Waals surface area contributed by atoms with Crippen molar-refractivity contribution in [1.29, 1.82) is 0 Å². The molecule has 0 spiro atoms. The zero-order chi connectivity index (χ0) is 13.8. The summed E-state index contributed by atoms with van der Waals surface area (Å²) < 4.78 is 37.9. The second kappa shape index (κ2) is 5.86. The van der Waals surface area contributed by atoms with Crippen LogP contribution in [0.3, 0.4) is 0 Å². The summed E-state index contributed by atoms with van der Waals surface area (Å²) in [6.07, 6.45) is -4.10. The van der Waals surface area contributed by atoms with E-state index in [2.05, 4.69) is 5.32 Å². The Hall–Kier alpha value is -1.56. The van der Waals surface area contributed by atoms with Gasteiger partial charge in [0.1, 0.15) is 0 Å². The molecule has 1 rings (SSSR count). The van der Waals surface area contributed by atoms with Gasteiger partial charge in [0.2, 0.25) is 0 Å². The van der Waals surface area contributed by atoms with E-state index in [0.29, 0.717) is 6.42 Å². The van der Waals surface area contributed by atoms with Gasteiger partial charge in [0, 0.05) is 18.7 Å². The van der Waals surface area contributed by atoms with E-state index in [9.17, 15) is 18.0 Å². The van der Waals surface area contributed by atoms with Crippen LogP contribution in [0.2, 0.25) is 0 Å². The number of amides is 1. The molecule has 100 valence electrons. The topological polar surface area (TPSA) is 49.3 Å². The number of nitrogens with one attached hydrogen (secondary N) is 1. The highest BCUT2D eigenvalue weighted by atomic mass is 19.4. The van der Waals surface area contributed by atoms with E-state index in [1.165, 1.54) is 19.1 Å². The molecule has 1 aromatic carbocycles. The van der Waals surface area contributed by atoms with Gasteiger partial charge < -0.3 is 10.4 Å². The molecule has 0 fully saturated rings. The van der Waals surface area contributed by atoms with Crippen LogP contribution < -0.4 is 5.32 Å². The highest BCUT2D eigenvalue weighted by molar-refractivity contribution is 5.94. The molecule has 0 aromatic heterocycles. The fraction of sp³-hybridized carbons (Fsp3) is 0.417. The quantitative estimate of drug-likeness (QED) is 0.816. The SMILES string of the molecule is Cc1ccc(C(=O)NCCCO)cc1C(F)(F)F. The van der Waals surface area contributed by atoms with Gasteiger partial charge in [0.15, 0.2) is 0 Å². The lowest BCUT2D eigenvalue weighted by Crippen LogP contribution is -2.25. The van der Waals surface area contributed by atoms with Crippen molar-refractivity contribution in [3.8, 4) is 0 Å². The number of aryl methyl sites for hydroxylation is 1. The summed E-state index contributed by atoms with van der Waals surface area (Å²) in [5.41, 5.74) is -0.766. The Morgan fingerprint density at radius 2 is 2.06 bits per heavy atom. The van der Waals surface area contributed by atoms with E-state index < -0.39 is 17.6 Å². The Morgan fingerprint density at radius 1 is 1.39 bits per heavy atom. The first-order valence-corrected chi connectivity index (χ1v) is 5.43. The van der Waals surface area contributed by atoms with Gasteiger partial charge in [-0.25, -0.2) is 0 Å². The molecule has 0 saturated carbocycles. The summed E-state index contributed by atoms with van der Waals surface area (Å²) in [6, 6.07) is 3.45. The summed E-state index contributed by atoms with van der Waals surface area (Å²) in [5, 5.41) is 11.0. The molecule has 3 nitrogen and oxygen atoms in total. The van der Waals surface area contributed by atoms with Crippen LogP contribution in [0.5, 0.6) is 0 Å². The summed E-state index contributed by atoms with van der Waals surface area (Å²) in [7, 11) is 0. The van der Waals surface area contributed by atoms with Crippen molar-refractivity contribution in [3.63, 3.8) is 0 Å². The molecule has 0 heterocycles. The summed E-state index contributed by atoms with van der Waals surface area (Å²) in [6.45, 7) is 1.49. The molecule has 0 unspecified atom stereocenters. The van der Waals surface area contributed by atoms with Crippen molar-refractivity contribution in [2.45, 2.75) is 19.5 Å². The van der Waals surface area contributed by atoms with E-state index in [0.717, 1.165) is 6.07 Å². The molecular formula is C12H14F3NO2. The first kappa shape index (κ1) is 14.5. The van der Waals surface area contributed by atoms with Gasteiger partial charge in [-0.15, -0.1) is 0 Å². The van der Waals surface area contributed by atoms with Gasteiger partial charge in [-0.2, -0.15) is 13.2 Å². The molecule has 0 bridgehead atoms. The predicted molar refractivity (Wildman–Crippen MR) is 60.2 cm³/mol. The third kappa shape index (κ3) is 3.73. The fourth-order valence-corrected chi connectivity index (χ4v) is 1.45. The van der Waals surface area contributed by atoms with Crippen LogP contribution in [-0.2, 0) is 6.18 Å². The standard InChI is InChI=1S/C12H14F3NO2/c1-8-3-4-9(7-10(8)12(13,14)15)11(18)16-5-2-6-17/h3-4,7,17H,2,5-6H2,1H3,(H,16,18). The summed E-state index contributed by atoms with van der Waals surface area (Å²) in [5.74, 6) is -0.575. The number of benzene rings is 1. The smallest absolute Gasteiger partial charge is 0.396 e. The Balaban J connectivity index is 2.88. The first-order valence-electron chi connectivity index (χ1n) is 5.43. The lowest BCUT2D eigenvalue weighted by molar-refractivity contribution is -0.138. The van der Waals surface area contributed by atoms with Gasteiger partial charge in [0.05, 0.1) is 5.56 Å². The van der Waals surface area contributed by atoms with Crippen LogP contribution in [0, 0.1) is 6.92 Å². The minimum absolute atomic E-state index is 0.0362. The van der Waals surface area contributed by atoms with E-state index in [1.54, 1.807) is 0 Å². The molecule has 6 heteroatoms. The van der Waals surface area contributed by atoms with Crippen LogP contribution in [0.4, 0.5) is 13.2 Å². The maximum atomic E-state index is 12.6. The zero-order valence-corrected chi connectivity index (χ0v) is 9.84. The lowest BCUT2D eigenvalue weighted by atomic mass is 10.0. The van der Waals surface area contributed by atoms with E-state index in [1.807, 2.05) is 0 Å². The maximum Gasteiger partial charge on any atom is 0.416 e. The first-order chi connectivity index (χ1) is 8.36. The van der Waals surface area contributed by atoms with Crippen molar-refractivity contribution in [2.24, 2.45) is 0 Å². The van der Waals surface area contributed by atoms with Crippen LogP contribution >= 0.6 is 0 Å². The normalized spacial score (nSPS) is 11.4. The Labute approximate surface area is 103 Å². The van der Waals surface area contributed by atoms with Gasteiger partial charge in [-0.3, -0.25) is 4.79 Å². The minimum Gasteiger partial charge on any atom is -0.396 e. The van der Waals surface area contributed by atoms with Crippen LogP contribution in [0.15, 0.2) is 18.2 Å². The number of hydrogen-bond acceptors (Lipinski definition) is 2. The van der Waals surface area contributed by atoms with Gasteiger partial charge in [0.25, 0.3) is 5.91 Å². The van der Waals surface area contributed by atoms with Crippen molar-refractivity contribution in [1.82, 2.24) is 5.32 Å². The van der Waals surface area contributed by atoms with Gasteiger partial charge in [-0.1, -0.05) is 6.07 Å². The van der Waals surface area contributed by atoms with E-state index in [-0.39, 0.29) is 24.3 Å². The molecular weight excluding hydrogens is 247 g/mol. The number of carbonyl (C=O) groups is 1. The predicted octanol–water partition coefficient (Wildman–Crippen LogP) is 2.13. The molecule has 0 saturated heterocycles. The van der Waals surface area contributed by atoms with E-state index >= 15 is 0 Å². The van der Waals surface area contributed by atoms with Crippen molar-refractivity contribution in [2.75, 3.05) is 13.2 Å². The molecule has 0 radical (unpaired) electrons. The highest BCUT2D eigenvalue weighted by Gasteiger charge is 2.32. The molecule has 1 aromatic rings. The molecule has 0 aliphatic heterocycles.